The second kappa shape index (κ2) is 6.35. The van der Waals surface area contributed by atoms with E-state index in [1.165, 1.54) is 0 Å². The Bertz CT molecular complexity index is 1430. The van der Waals surface area contributed by atoms with Crippen LogP contribution in [0.1, 0.15) is 0 Å². The van der Waals surface area contributed by atoms with E-state index in [9.17, 15) is 0 Å². The average Bonchev–Trinajstić information content (AvgIpc) is 3.53. The number of aromatic nitrogens is 6. The first-order valence-electron chi connectivity index (χ1n) is 9.15. The van der Waals surface area contributed by atoms with Crippen LogP contribution in [0.2, 0.25) is 0 Å². The molecule has 0 atom stereocenters. The number of pyridine rings is 1. The first kappa shape index (κ1) is 16.1. The zero-order valence-corrected chi connectivity index (χ0v) is 16.0. The predicted octanol–water partition coefficient (Wildman–Crippen LogP) is 4.86. The zero-order chi connectivity index (χ0) is 19.2. The van der Waals surface area contributed by atoms with E-state index in [-0.39, 0.29) is 0 Å². The van der Waals surface area contributed by atoms with Crippen molar-refractivity contribution in [2.24, 2.45) is 0 Å². The van der Waals surface area contributed by atoms with Crippen molar-refractivity contribution in [2.45, 2.75) is 0 Å². The van der Waals surface area contributed by atoms with E-state index in [0.717, 1.165) is 43.4 Å². The molecule has 0 unspecified atom stereocenters. The molecule has 0 saturated carbocycles. The van der Waals surface area contributed by atoms with Gasteiger partial charge in [0, 0.05) is 35.6 Å². The van der Waals surface area contributed by atoms with Gasteiger partial charge in [0.2, 0.25) is 0 Å². The van der Waals surface area contributed by atoms with Crippen molar-refractivity contribution in [2.75, 3.05) is 0 Å². The van der Waals surface area contributed by atoms with Gasteiger partial charge in [-0.2, -0.15) is 0 Å². The first-order valence-corrected chi connectivity index (χ1v) is 9.96. The Hall–Kier alpha value is -3.84. The highest BCUT2D eigenvalue weighted by Crippen LogP contribution is 2.36. The molecule has 0 aliphatic heterocycles. The summed E-state index contributed by atoms with van der Waals surface area (Å²) in [5.41, 5.74) is 2.77. The van der Waals surface area contributed by atoms with Gasteiger partial charge in [0.25, 0.3) is 0 Å². The summed E-state index contributed by atoms with van der Waals surface area (Å²) in [6.07, 6.45) is 9.42. The third-order valence-corrected chi connectivity index (χ3v) is 5.99. The van der Waals surface area contributed by atoms with Crippen LogP contribution < -0.4 is 0 Å². The van der Waals surface area contributed by atoms with Crippen molar-refractivity contribution < 1.29 is 0 Å². The molecule has 6 aromatic rings. The Morgan fingerprint density at radius 2 is 1.66 bits per heavy atom. The molecule has 7 heteroatoms. The Labute approximate surface area is 169 Å². The number of thiophene rings is 1. The molecule has 6 rings (SSSR count). The third-order valence-electron chi connectivity index (χ3n) is 4.87. The van der Waals surface area contributed by atoms with Gasteiger partial charge in [-0.25, -0.2) is 9.97 Å². The maximum atomic E-state index is 4.73. The van der Waals surface area contributed by atoms with Crippen molar-refractivity contribution in [3.05, 3.63) is 85.7 Å². The molecule has 1 aromatic carbocycles. The fourth-order valence-corrected chi connectivity index (χ4v) is 4.46. The van der Waals surface area contributed by atoms with Gasteiger partial charge in [0.05, 0.1) is 15.4 Å². The monoisotopic (exact) mass is 394 g/mol. The summed E-state index contributed by atoms with van der Waals surface area (Å²) in [6, 6.07) is 18.4. The van der Waals surface area contributed by atoms with Crippen LogP contribution in [0.15, 0.2) is 85.7 Å². The lowest BCUT2D eigenvalue weighted by Gasteiger charge is -2.08. The Morgan fingerprint density at radius 3 is 2.52 bits per heavy atom. The molecule has 138 valence electrons. The number of hydrogen-bond donors (Lipinski definition) is 0. The van der Waals surface area contributed by atoms with Gasteiger partial charge in [-0.3, -0.25) is 4.57 Å². The molecule has 5 aromatic heterocycles. The van der Waals surface area contributed by atoms with Gasteiger partial charge in [-0.15, -0.1) is 21.5 Å². The minimum Gasteiger partial charge on any atom is -0.306 e. The topological polar surface area (TPSA) is 60.9 Å². The summed E-state index contributed by atoms with van der Waals surface area (Å²) >= 11 is 1.68. The lowest BCUT2D eigenvalue weighted by Crippen LogP contribution is -1.99. The summed E-state index contributed by atoms with van der Waals surface area (Å²) in [5, 5.41) is 11.2. The molecule has 0 spiro atoms. The predicted molar refractivity (Wildman–Crippen MR) is 114 cm³/mol. The van der Waals surface area contributed by atoms with E-state index < -0.39 is 0 Å². The molecule has 0 aliphatic rings. The van der Waals surface area contributed by atoms with Gasteiger partial charge >= 0.3 is 0 Å². The van der Waals surface area contributed by atoms with Crippen LogP contribution in [-0.2, 0) is 0 Å². The molecule has 0 amide bonds. The maximum Gasteiger partial charge on any atom is 0.168 e. The molecular weight excluding hydrogens is 380 g/mol. The second-order valence-corrected chi connectivity index (χ2v) is 7.73. The van der Waals surface area contributed by atoms with Crippen LogP contribution in [0, 0.1) is 0 Å². The number of nitrogens with zero attached hydrogens (tertiary/aromatic N) is 6. The lowest BCUT2D eigenvalue weighted by molar-refractivity contribution is 0.933. The summed E-state index contributed by atoms with van der Waals surface area (Å²) in [5.74, 6) is 0.777. The van der Waals surface area contributed by atoms with Crippen molar-refractivity contribution in [3.8, 4) is 27.0 Å². The van der Waals surface area contributed by atoms with E-state index >= 15 is 0 Å². The third kappa shape index (κ3) is 2.63. The Kier molecular flexibility index (Phi) is 3.54. The number of hydrogen-bond acceptors (Lipinski definition) is 5. The Balaban J connectivity index is 1.49. The second-order valence-electron chi connectivity index (χ2n) is 6.64. The molecule has 0 N–H and O–H groups in total. The molecule has 0 saturated heterocycles. The molecule has 0 aliphatic carbocycles. The molecule has 29 heavy (non-hydrogen) atoms. The molecule has 0 radical (unpaired) electrons. The maximum absolute atomic E-state index is 4.73. The number of rotatable bonds is 3. The summed E-state index contributed by atoms with van der Waals surface area (Å²) in [6.45, 7) is 0. The van der Waals surface area contributed by atoms with Gasteiger partial charge < -0.3 is 4.40 Å². The minimum absolute atomic E-state index is 0.777. The molecular formula is C22H14N6S. The van der Waals surface area contributed by atoms with Crippen molar-refractivity contribution in [1.82, 2.24) is 29.1 Å². The fourth-order valence-electron chi connectivity index (χ4n) is 3.50. The van der Waals surface area contributed by atoms with E-state index in [4.69, 9.17) is 4.98 Å². The molecule has 0 fully saturated rings. The fraction of sp³-hybridized carbons (Fsp3) is 0. The van der Waals surface area contributed by atoms with E-state index in [2.05, 4.69) is 45.6 Å². The number of benzene rings is 1. The number of fused-ring (bicyclic) bond motifs is 2. The van der Waals surface area contributed by atoms with Gasteiger partial charge in [0.1, 0.15) is 17.7 Å². The van der Waals surface area contributed by atoms with E-state index in [0.29, 0.717) is 0 Å². The average molecular weight is 394 g/mol. The highest BCUT2D eigenvalue weighted by molar-refractivity contribution is 7.18. The molecule has 6 nitrogen and oxygen atoms in total. The molecule has 5 heterocycles. The van der Waals surface area contributed by atoms with E-state index in [1.54, 1.807) is 23.9 Å². The van der Waals surface area contributed by atoms with Crippen molar-refractivity contribution in [3.63, 3.8) is 0 Å². The molecule has 0 bridgehead atoms. The smallest absolute Gasteiger partial charge is 0.168 e. The van der Waals surface area contributed by atoms with Crippen LogP contribution in [0.25, 0.3) is 43.4 Å². The largest absolute Gasteiger partial charge is 0.306 e. The number of imidazole rings is 2. The quantitative estimate of drug-likeness (QED) is 0.430. The van der Waals surface area contributed by atoms with Crippen molar-refractivity contribution in [1.29, 1.82) is 0 Å². The van der Waals surface area contributed by atoms with Crippen LogP contribution >= 0.6 is 11.3 Å². The van der Waals surface area contributed by atoms with Crippen LogP contribution in [-0.4, -0.2) is 29.1 Å². The van der Waals surface area contributed by atoms with Crippen molar-refractivity contribution >= 4 is 27.8 Å². The zero-order valence-electron chi connectivity index (χ0n) is 15.2. The van der Waals surface area contributed by atoms with E-state index in [1.807, 2.05) is 51.7 Å². The minimum atomic E-state index is 0.777. The normalized spacial score (nSPS) is 11.4. The summed E-state index contributed by atoms with van der Waals surface area (Å²) in [7, 11) is 0. The Morgan fingerprint density at radius 1 is 0.793 bits per heavy atom. The summed E-state index contributed by atoms with van der Waals surface area (Å²) < 4.78 is 3.92. The highest BCUT2D eigenvalue weighted by Gasteiger charge is 2.15. The standard InChI is InChI=1S/C22H14N6S/c1-2-6-16-15(5-1)21(25-26-22(16)28-12-10-23-14-28)19-9-8-18(29-19)17-13-27-11-4-3-7-20(27)24-17/h1-14H. The van der Waals surface area contributed by atoms with Crippen LogP contribution in [0.5, 0.6) is 0 Å². The lowest BCUT2D eigenvalue weighted by atomic mass is 10.1. The van der Waals surface area contributed by atoms with Gasteiger partial charge in [0.15, 0.2) is 5.82 Å². The van der Waals surface area contributed by atoms with Crippen LogP contribution in [0.3, 0.4) is 0 Å². The first-order chi connectivity index (χ1) is 14.4. The highest BCUT2D eigenvalue weighted by atomic mass is 32.1. The van der Waals surface area contributed by atoms with Gasteiger partial charge in [-0.1, -0.05) is 30.3 Å². The summed E-state index contributed by atoms with van der Waals surface area (Å²) in [4.78, 5) is 11.0. The van der Waals surface area contributed by atoms with Gasteiger partial charge in [-0.05, 0) is 24.3 Å². The SMILES string of the molecule is c1ccc2c(-n3ccnc3)nnc(-c3ccc(-c4cn5ccccc5n4)s3)c2c1. The van der Waals surface area contributed by atoms with Crippen LogP contribution in [0.4, 0.5) is 0 Å².